The Morgan fingerprint density at radius 1 is 1.67 bits per heavy atom. The van der Waals surface area contributed by atoms with Crippen LogP contribution in [0.5, 0.6) is 0 Å². The molecule has 0 saturated heterocycles. The molecule has 1 aliphatic rings. The highest BCUT2D eigenvalue weighted by molar-refractivity contribution is 7.84. The van der Waals surface area contributed by atoms with Crippen LogP contribution in [0.2, 0.25) is 0 Å². The molecule has 1 unspecified atom stereocenters. The molecular weight excluding hydrogens is 128 g/mol. The zero-order valence-electron chi connectivity index (χ0n) is 5.89. The van der Waals surface area contributed by atoms with Gasteiger partial charge in [-0.05, 0) is 24.8 Å². The fourth-order valence-corrected chi connectivity index (χ4v) is 1.28. The number of thiol groups is 1. The van der Waals surface area contributed by atoms with E-state index in [1.807, 2.05) is 0 Å². The van der Waals surface area contributed by atoms with Crippen molar-refractivity contribution >= 4 is 12.6 Å². The van der Waals surface area contributed by atoms with Crippen molar-refractivity contribution in [3.8, 4) is 0 Å². The van der Waals surface area contributed by atoms with Crippen molar-refractivity contribution in [3.63, 3.8) is 0 Å². The summed E-state index contributed by atoms with van der Waals surface area (Å²) in [6.07, 6.45) is 5.63. The summed E-state index contributed by atoms with van der Waals surface area (Å²) in [5.74, 6) is 0.682. The van der Waals surface area contributed by atoms with Gasteiger partial charge in [0.25, 0.3) is 0 Å². The van der Waals surface area contributed by atoms with Gasteiger partial charge < -0.3 is 0 Å². The molecule has 1 heteroatoms. The van der Waals surface area contributed by atoms with E-state index in [9.17, 15) is 0 Å². The first-order chi connectivity index (χ1) is 4.20. The minimum Gasteiger partial charge on any atom is -0.143 e. The van der Waals surface area contributed by atoms with Crippen molar-refractivity contribution in [1.29, 1.82) is 0 Å². The maximum Gasteiger partial charge on any atom is 0.00289 e. The smallest absolute Gasteiger partial charge is 0.00289 e. The highest BCUT2D eigenvalue weighted by Crippen LogP contribution is 2.23. The first kappa shape index (κ1) is 6.94. The predicted molar refractivity (Wildman–Crippen MR) is 44.6 cm³/mol. The van der Waals surface area contributed by atoms with Gasteiger partial charge in [0.1, 0.15) is 0 Å². The molecule has 1 rings (SSSR count). The molecule has 0 saturated carbocycles. The lowest BCUT2D eigenvalue weighted by Crippen LogP contribution is -1.95. The van der Waals surface area contributed by atoms with Gasteiger partial charge in [-0.15, -0.1) is 12.6 Å². The van der Waals surface area contributed by atoms with Crippen molar-refractivity contribution in [2.75, 3.05) is 0 Å². The molecule has 0 aromatic heterocycles. The highest BCUT2D eigenvalue weighted by atomic mass is 32.1. The Labute approximate surface area is 62.1 Å². The van der Waals surface area contributed by atoms with Gasteiger partial charge in [-0.2, -0.15) is 0 Å². The largest absolute Gasteiger partial charge is 0.143 e. The normalized spacial score (nSPS) is 27.2. The van der Waals surface area contributed by atoms with Gasteiger partial charge in [-0.25, -0.2) is 0 Å². The second-order valence-corrected chi connectivity index (χ2v) is 3.13. The maximum absolute atomic E-state index is 4.31. The molecule has 0 aromatic rings. The van der Waals surface area contributed by atoms with E-state index < -0.39 is 0 Å². The number of allylic oxidation sites excluding steroid dienone is 3. The lowest BCUT2D eigenvalue weighted by molar-refractivity contribution is 0.729. The molecule has 9 heavy (non-hydrogen) atoms. The molecule has 0 heterocycles. The van der Waals surface area contributed by atoms with Crippen LogP contribution in [0.3, 0.4) is 0 Å². The zero-order chi connectivity index (χ0) is 6.85. The van der Waals surface area contributed by atoms with Crippen LogP contribution >= 0.6 is 12.6 Å². The van der Waals surface area contributed by atoms with Crippen molar-refractivity contribution in [2.24, 2.45) is 5.92 Å². The van der Waals surface area contributed by atoms with E-state index in [1.165, 1.54) is 12.0 Å². The van der Waals surface area contributed by atoms with E-state index in [0.29, 0.717) is 5.92 Å². The first-order valence-electron chi connectivity index (χ1n) is 3.28. The average molecular weight is 140 g/mol. The summed E-state index contributed by atoms with van der Waals surface area (Å²) in [7, 11) is 0. The van der Waals surface area contributed by atoms with E-state index in [0.717, 1.165) is 4.91 Å². The van der Waals surface area contributed by atoms with E-state index in [4.69, 9.17) is 0 Å². The standard InChI is InChI=1S/C8H12S/c1-6-3-4-7(2)8(9)5-6/h4-6,9H,3H2,1-2H3. The van der Waals surface area contributed by atoms with Crippen LogP contribution in [0.4, 0.5) is 0 Å². The first-order valence-corrected chi connectivity index (χ1v) is 3.73. The van der Waals surface area contributed by atoms with E-state index in [-0.39, 0.29) is 0 Å². The summed E-state index contributed by atoms with van der Waals surface area (Å²) in [6, 6.07) is 0. The predicted octanol–water partition coefficient (Wildman–Crippen LogP) is 2.79. The van der Waals surface area contributed by atoms with Crippen LogP contribution in [0.25, 0.3) is 0 Å². The van der Waals surface area contributed by atoms with Crippen LogP contribution in [-0.2, 0) is 0 Å². The summed E-state index contributed by atoms with van der Waals surface area (Å²) in [6.45, 7) is 4.31. The Balaban J connectivity index is 2.75. The Hall–Kier alpha value is -0.170. The fourth-order valence-electron chi connectivity index (χ4n) is 0.936. The summed E-state index contributed by atoms with van der Waals surface area (Å²) in [5, 5.41) is 0. The van der Waals surface area contributed by atoms with Gasteiger partial charge in [0, 0.05) is 4.91 Å². The minimum absolute atomic E-state index is 0.682. The molecule has 0 nitrogen and oxygen atoms in total. The van der Waals surface area contributed by atoms with Gasteiger partial charge in [-0.3, -0.25) is 0 Å². The van der Waals surface area contributed by atoms with Crippen LogP contribution in [0.15, 0.2) is 22.6 Å². The Morgan fingerprint density at radius 2 is 2.33 bits per heavy atom. The Kier molecular flexibility index (Phi) is 2.01. The van der Waals surface area contributed by atoms with E-state index >= 15 is 0 Å². The molecule has 0 bridgehead atoms. The summed E-state index contributed by atoms with van der Waals surface area (Å²) in [4.78, 5) is 1.15. The van der Waals surface area contributed by atoms with Crippen LogP contribution < -0.4 is 0 Å². The van der Waals surface area contributed by atoms with Crippen molar-refractivity contribution < 1.29 is 0 Å². The number of rotatable bonds is 0. The quantitative estimate of drug-likeness (QED) is 0.491. The SMILES string of the molecule is CC1=CCC(C)C=C1S. The third kappa shape index (κ3) is 1.62. The van der Waals surface area contributed by atoms with Crippen molar-refractivity contribution in [2.45, 2.75) is 20.3 Å². The fraction of sp³-hybridized carbons (Fsp3) is 0.500. The molecule has 1 aliphatic carbocycles. The maximum atomic E-state index is 4.31. The topological polar surface area (TPSA) is 0 Å². The van der Waals surface area contributed by atoms with Crippen LogP contribution in [0, 0.1) is 5.92 Å². The molecular formula is C8H12S. The Bertz CT molecular complexity index is 165. The summed E-state index contributed by atoms with van der Waals surface area (Å²) in [5.41, 5.74) is 1.32. The summed E-state index contributed by atoms with van der Waals surface area (Å²) < 4.78 is 0. The molecule has 0 fully saturated rings. The third-order valence-electron chi connectivity index (χ3n) is 1.64. The van der Waals surface area contributed by atoms with Gasteiger partial charge in [0.05, 0.1) is 0 Å². The lowest BCUT2D eigenvalue weighted by atomic mass is 9.99. The van der Waals surface area contributed by atoms with Crippen LogP contribution in [-0.4, -0.2) is 0 Å². The molecule has 0 aromatic carbocycles. The van der Waals surface area contributed by atoms with Gasteiger partial charge in [-0.1, -0.05) is 19.1 Å². The van der Waals surface area contributed by atoms with E-state index in [1.54, 1.807) is 0 Å². The average Bonchev–Trinajstić information content (AvgIpc) is 1.80. The molecule has 0 radical (unpaired) electrons. The molecule has 0 aliphatic heterocycles. The second kappa shape index (κ2) is 2.61. The zero-order valence-corrected chi connectivity index (χ0v) is 6.78. The van der Waals surface area contributed by atoms with E-state index in [2.05, 4.69) is 38.6 Å². The third-order valence-corrected chi connectivity index (χ3v) is 2.14. The second-order valence-electron chi connectivity index (χ2n) is 2.65. The summed E-state index contributed by atoms with van der Waals surface area (Å²) >= 11 is 4.31. The van der Waals surface area contributed by atoms with Gasteiger partial charge >= 0.3 is 0 Å². The molecule has 0 spiro atoms. The highest BCUT2D eigenvalue weighted by Gasteiger charge is 2.04. The monoisotopic (exact) mass is 140 g/mol. The van der Waals surface area contributed by atoms with Crippen LogP contribution in [0.1, 0.15) is 20.3 Å². The molecule has 0 N–H and O–H groups in total. The number of hydrogen-bond acceptors (Lipinski definition) is 1. The molecule has 0 amide bonds. The molecule has 50 valence electrons. The lowest BCUT2D eigenvalue weighted by Gasteiger charge is -2.12. The Morgan fingerprint density at radius 3 is 2.78 bits per heavy atom. The van der Waals surface area contributed by atoms with Crippen molar-refractivity contribution in [3.05, 3.63) is 22.6 Å². The number of hydrogen-bond donors (Lipinski definition) is 1. The van der Waals surface area contributed by atoms with Crippen molar-refractivity contribution in [1.82, 2.24) is 0 Å². The van der Waals surface area contributed by atoms with Gasteiger partial charge in [0.15, 0.2) is 0 Å². The molecule has 1 atom stereocenters. The minimum atomic E-state index is 0.682. The van der Waals surface area contributed by atoms with Gasteiger partial charge in [0.2, 0.25) is 0 Å².